The Kier molecular flexibility index (Phi) is 5.76. The molecule has 26 heavy (non-hydrogen) atoms. The predicted octanol–water partition coefficient (Wildman–Crippen LogP) is 3.48. The Bertz CT molecular complexity index is 881. The van der Waals surface area contributed by atoms with Crippen molar-refractivity contribution in [2.75, 3.05) is 16.9 Å². The standard InChI is InChI=1S/C19H17N3O2S2/c1-13-2-7-16(26-13)8-9-18(23)22-12-25-11-17(22)19(24)21-15-5-3-14(10-20)4-6-15/h2-9,17H,11-12H2,1H3,(H,21,24)/b9-8+/t17-/m0/s1. The van der Waals surface area contributed by atoms with Gasteiger partial charge in [0.1, 0.15) is 6.04 Å². The molecule has 0 spiro atoms. The van der Waals surface area contributed by atoms with E-state index in [4.69, 9.17) is 5.26 Å². The van der Waals surface area contributed by atoms with Crippen LogP contribution < -0.4 is 5.32 Å². The first-order chi connectivity index (χ1) is 12.6. The number of carbonyl (C=O) groups is 2. The molecule has 3 rings (SSSR count). The first kappa shape index (κ1) is 18.2. The molecule has 132 valence electrons. The first-order valence-electron chi connectivity index (χ1n) is 8.01. The van der Waals surface area contributed by atoms with Crippen LogP contribution in [0.5, 0.6) is 0 Å². The van der Waals surface area contributed by atoms with Crippen molar-refractivity contribution in [3.63, 3.8) is 0 Å². The topological polar surface area (TPSA) is 73.2 Å². The largest absolute Gasteiger partial charge is 0.324 e. The molecule has 1 aliphatic heterocycles. The maximum Gasteiger partial charge on any atom is 0.248 e. The highest BCUT2D eigenvalue weighted by Crippen LogP contribution is 2.23. The van der Waals surface area contributed by atoms with E-state index < -0.39 is 6.04 Å². The zero-order chi connectivity index (χ0) is 18.5. The highest BCUT2D eigenvalue weighted by atomic mass is 32.2. The lowest BCUT2D eigenvalue weighted by Gasteiger charge is -2.21. The normalized spacial score (nSPS) is 16.6. The van der Waals surface area contributed by atoms with Gasteiger partial charge in [-0.15, -0.1) is 23.1 Å². The summed E-state index contributed by atoms with van der Waals surface area (Å²) in [6.45, 7) is 2.02. The summed E-state index contributed by atoms with van der Waals surface area (Å²) in [6.07, 6.45) is 3.32. The van der Waals surface area contributed by atoms with Crippen molar-refractivity contribution in [2.45, 2.75) is 13.0 Å². The average molecular weight is 383 g/mol. The molecule has 1 atom stereocenters. The molecule has 1 aromatic heterocycles. The van der Waals surface area contributed by atoms with Gasteiger partial charge >= 0.3 is 0 Å². The van der Waals surface area contributed by atoms with E-state index in [1.165, 1.54) is 11.0 Å². The number of amides is 2. The molecule has 0 saturated carbocycles. The summed E-state index contributed by atoms with van der Waals surface area (Å²) >= 11 is 3.18. The zero-order valence-electron chi connectivity index (χ0n) is 14.1. The predicted molar refractivity (Wildman–Crippen MR) is 106 cm³/mol. The average Bonchev–Trinajstić information content (AvgIpc) is 3.29. The number of hydrogen-bond donors (Lipinski definition) is 1. The first-order valence-corrected chi connectivity index (χ1v) is 9.98. The molecule has 2 aromatic rings. The van der Waals surface area contributed by atoms with Gasteiger partial charge in [0.15, 0.2) is 0 Å². The number of carbonyl (C=O) groups excluding carboxylic acids is 2. The summed E-state index contributed by atoms with van der Waals surface area (Å²) in [7, 11) is 0. The van der Waals surface area contributed by atoms with Crippen LogP contribution in [0.25, 0.3) is 6.08 Å². The maximum absolute atomic E-state index is 12.6. The number of anilines is 1. The summed E-state index contributed by atoms with van der Waals surface area (Å²) in [5.41, 5.74) is 1.15. The van der Waals surface area contributed by atoms with Crippen LogP contribution in [0.4, 0.5) is 5.69 Å². The third-order valence-corrected chi connectivity index (χ3v) is 5.88. The van der Waals surface area contributed by atoms with Gasteiger partial charge in [-0.05, 0) is 49.4 Å². The zero-order valence-corrected chi connectivity index (χ0v) is 15.8. The number of hydrogen-bond acceptors (Lipinski definition) is 5. The van der Waals surface area contributed by atoms with Gasteiger partial charge in [0.05, 0.1) is 17.5 Å². The van der Waals surface area contributed by atoms with Crippen LogP contribution in [0.1, 0.15) is 15.3 Å². The number of nitriles is 1. The fourth-order valence-corrected chi connectivity index (χ4v) is 4.47. The third-order valence-electron chi connectivity index (χ3n) is 3.90. The monoisotopic (exact) mass is 383 g/mol. The molecule has 0 radical (unpaired) electrons. The third kappa shape index (κ3) is 4.34. The van der Waals surface area contributed by atoms with Crippen LogP contribution in [0.3, 0.4) is 0 Å². The van der Waals surface area contributed by atoms with E-state index in [1.54, 1.807) is 58.3 Å². The van der Waals surface area contributed by atoms with Crippen molar-refractivity contribution in [1.82, 2.24) is 4.90 Å². The van der Waals surface area contributed by atoms with E-state index in [-0.39, 0.29) is 11.8 Å². The molecule has 2 heterocycles. The van der Waals surface area contributed by atoms with Gasteiger partial charge in [0.25, 0.3) is 0 Å². The molecule has 5 nitrogen and oxygen atoms in total. The Labute approximate surface area is 160 Å². The molecule has 1 N–H and O–H groups in total. The van der Waals surface area contributed by atoms with E-state index in [2.05, 4.69) is 5.32 Å². The van der Waals surface area contributed by atoms with Crippen molar-refractivity contribution >= 4 is 46.7 Å². The quantitative estimate of drug-likeness (QED) is 0.821. The van der Waals surface area contributed by atoms with Gasteiger partial charge in [0, 0.05) is 27.3 Å². The van der Waals surface area contributed by atoms with Gasteiger partial charge in [-0.2, -0.15) is 5.26 Å². The molecule has 2 amide bonds. The number of rotatable bonds is 4. The Morgan fingerprint density at radius 2 is 2.04 bits per heavy atom. The van der Waals surface area contributed by atoms with Crippen molar-refractivity contribution in [3.05, 3.63) is 57.8 Å². The number of nitrogens with one attached hydrogen (secondary N) is 1. The second kappa shape index (κ2) is 8.21. The van der Waals surface area contributed by atoms with Gasteiger partial charge in [-0.3, -0.25) is 9.59 Å². The molecular weight excluding hydrogens is 366 g/mol. The van der Waals surface area contributed by atoms with Crippen LogP contribution in [0, 0.1) is 18.3 Å². The van der Waals surface area contributed by atoms with Crippen LogP contribution in [-0.2, 0) is 9.59 Å². The molecule has 7 heteroatoms. The molecule has 0 unspecified atom stereocenters. The van der Waals surface area contributed by atoms with Crippen molar-refractivity contribution in [3.8, 4) is 6.07 Å². The van der Waals surface area contributed by atoms with E-state index in [0.29, 0.717) is 22.9 Å². The van der Waals surface area contributed by atoms with Gasteiger partial charge in [-0.25, -0.2) is 0 Å². The van der Waals surface area contributed by atoms with Crippen LogP contribution in [0.15, 0.2) is 42.5 Å². The van der Waals surface area contributed by atoms with Crippen LogP contribution in [0.2, 0.25) is 0 Å². The van der Waals surface area contributed by atoms with Crippen molar-refractivity contribution in [1.29, 1.82) is 5.26 Å². The SMILES string of the molecule is Cc1ccc(/C=C/C(=O)N2CSC[C@H]2C(=O)Nc2ccc(C#N)cc2)s1. The number of benzene rings is 1. The highest BCUT2D eigenvalue weighted by molar-refractivity contribution is 7.99. The number of thiophene rings is 1. The van der Waals surface area contributed by atoms with Crippen molar-refractivity contribution < 1.29 is 9.59 Å². The molecule has 1 fully saturated rings. The van der Waals surface area contributed by atoms with Crippen LogP contribution >= 0.6 is 23.1 Å². The van der Waals surface area contributed by atoms with Crippen LogP contribution in [-0.4, -0.2) is 34.4 Å². The fraction of sp³-hybridized carbons (Fsp3) is 0.211. The smallest absolute Gasteiger partial charge is 0.248 e. The fourth-order valence-electron chi connectivity index (χ4n) is 2.52. The summed E-state index contributed by atoms with van der Waals surface area (Å²) < 4.78 is 0. The molecule has 0 bridgehead atoms. The molecule has 1 aliphatic rings. The number of aryl methyl sites for hydroxylation is 1. The van der Waals surface area contributed by atoms with Crippen molar-refractivity contribution in [2.24, 2.45) is 0 Å². The van der Waals surface area contributed by atoms with E-state index in [0.717, 1.165) is 4.88 Å². The van der Waals surface area contributed by atoms with Gasteiger partial charge < -0.3 is 10.2 Å². The molecule has 1 saturated heterocycles. The van der Waals surface area contributed by atoms with Gasteiger partial charge in [-0.1, -0.05) is 0 Å². The molecule has 1 aromatic carbocycles. The van der Waals surface area contributed by atoms with Gasteiger partial charge in [0.2, 0.25) is 11.8 Å². The maximum atomic E-state index is 12.6. The summed E-state index contributed by atoms with van der Waals surface area (Å²) in [6, 6.07) is 12.2. The minimum Gasteiger partial charge on any atom is -0.324 e. The summed E-state index contributed by atoms with van der Waals surface area (Å²) in [4.78, 5) is 28.8. The lowest BCUT2D eigenvalue weighted by Crippen LogP contribution is -2.43. The minimum absolute atomic E-state index is 0.166. The second-order valence-corrected chi connectivity index (χ2v) is 8.10. The van der Waals surface area contributed by atoms with E-state index in [9.17, 15) is 9.59 Å². The lowest BCUT2D eigenvalue weighted by atomic mass is 10.2. The molecule has 0 aliphatic carbocycles. The van der Waals surface area contributed by atoms with E-state index in [1.807, 2.05) is 25.1 Å². The second-order valence-electron chi connectivity index (χ2n) is 5.78. The number of thioether (sulfide) groups is 1. The molecular formula is C19H17N3O2S2. The summed E-state index contributed by atoms with van der Waals surface area (Å²) in [5, 5.41) is 11.6. The van der Waals surface area contributed by atoms with E-state index >= 15 is 0 Å². The Morgan fingerprint density at radius 3 is 2.69 bits per heavy atom. The Morgan fingerprint density at radius 1 is 1.27 bits per heavy atom. The lowest BCUT2D eigenvalue weighted by molar-refractivity contribution is -0.132. The Hall–Kier alpha value is -2.56. The Balaban J connectivity index is 1.64. The minimum atomic E-state index is -0.502. The highest BCUT2D eigenvalue weighted by Gasteiger charge is 2.33. The summed E-state index contributed by atoms with van der Waals surface area (Å²) in [5.74, 6) is 0.687. The number of nitrogens with zero attached hydrogens (tertiary/aromatic N) is 2.